The minimum atomic E-state index is 0.796. The number of hydrogen-bond donors (Lipinski definition) is 0. The fraction of sp³-hybridized carbons (Fsp3) is 0.261. The molecular weight excluding hydrogens is 360 g/mol. The van der Waals surface area contributed by atoms with E-state index in [9.17, 15) is 0 Å². The van der Waals surface area contributed by atoms with Crippen LogP contribution < -0.4 is 0 Å². The van der Waals surface area contributed by atoms with Gasteiger partial charge in [-0.25, -0.2) is 14.3 Å². The van der Waals surface area contributed by atoms with Gasteiger partial charge in [0.1, 0.15) is 5.82 Å². The van der Waals surface area contributed by atoms with E-state index < -0.39 is 0 Å². The quantitative estimate of drug-likeness (QED) is 0.531. The van der Waals surface area contributed by atoms with Crippen LogP contribution in [0.4, 0.5) is 0 Å². The van der Waals surface area contributed by atoms with E-state index in [1.807, 2.05) is 29.2 Å². The highest BCUT2D eigenvalue weighted by molar-refractivity contribution is 5.35. The second-order valence-electron chi connectivity index (χ2n) is 7.48. The molecule has 5 rings (SSSR count). The Hall–Kier alpha value is -3.25. The van der Waals surface area contributed by atoms with Crippen molar-refractivity contribution in [2.75, 3.05) is 13.1 Å². The average molecular weight is 384 g/mol. The maximum Gasteiger partial charge on any atom is 0.155 e. The van der Waals surface area contributed by atoms with Crippen LogP contribution >= 0.6 is 0 Å². The fourth-order valence-corrected chi connectivity index (χ4v) is 3.88. The predicted octanol–water partition coefficient (Wildman–Crippen LogP) is 3.11. The number of rotatable bonds is 5. The Kier molecular flexibility index (Phi) is 4.92. The van der Waals surface area contributed by atoms with Crippen LogP contribution in [0, 0.1) is 0 Å². The zero-order valence-electron chi connectivity index (χ0n) is 16.4. The molecule has 1 aliphatic heterocycles. The Bertz CT molecular complexity index is 1040. The summed E-state index contributed by atoms with van der Waals surface area (Å²) in [6.07, 6.45) is 5.51. The molecule has 3 heterocycles. The molecule has 146 valence electrons. The molecular formula is C23H24N6. The van der Waals surface area contributed by atoms with Gasteiger partial charge in [-0.05, 0) is 29.3 Å². The van der Waals surface area contributed by atoms with Gasteiger partial charge in [0, 0.05) is 44.9 Å². The first-order valence-electron chi connectivity index (χ1n) is 10.1. The highest BCUT2D eigenvalue weighted by Gasteiger charge is 2.18. The summed E-state index contributed by atoms with van der Waals surface area (Å²) in [6.45, 7) is 3.79. The summed E-state index contributed by atoms with van der Waals surface area (Å²) in [5, 5.41) is 9.09. The van der Waals surface area contributed by atoms with E-state index in [1.165, 1.54) is 11.1 Å². The smallest absolute Gasteiger partial charge is 0.155 e. The predicted molar refractivity (Wildman–Crippen MR) is 112 cm³/mol. The maximum atomic E-state index is 4.81. The van der Waals surface area contributed by atoms with Crippen molar-refractivity contribution >= 4 is 0 Å². The summed E-state index contributed by atoms with van der Waals surface area (Å²) >= 11 is 0. The van der Waals surface area contributed by atoms with Crippen molar-refractivity contribution in [2.45, 2.75) is 25.9 Å². The van der Waals surface area contributed by atoms with Gasteiger partial charge < -0.3 is 0 Å². The van der Waals surface area contributed by atoms with Gasteiger partial charge in [0.15, 0.2) is 5.82 Å². The summed E-state index contributed by atoms with van der Waals surface area (Å²) in [5.74, 6) is 2.02. The summed E-state index contributed by atoms with van der Waals surface area (Å²) < 4.78 is 4.00. The van der Waals surface area contributed by atoms with Crippen molar-refractivity contribution in [3.05, 3.63) is 95.8 Å². The minimum Gasteiger partial charge on any atom is -0.297 e. The Morgan fingerprint density at radius 3 is 2.62 bits per heavy atom. The molecule has 6 nitrogen and oxygen atoms in total. The van der Waals surface area contributed by atoms with Crippen LogP contribution in [0.3, 0.4) is 0 Å². The van der Waals surface area contributed by atoms with Crippen LogP contribution in [0.1, 0.15) is 22.8 Å². The number of nitrogens with zero attached hydrogens (tertiary/aromatic N) is 6. The topological polar surface area (TPSA) is 51.8 Å². The van der Waals surface area contributed by atoms with Gasteiger partial charge in [0.05, 0.1) is 12.2 Å². The average Bonchev–Trinajstić information content (AvgIpc) is 3.38. The van der Waals surface area contributed by atoms with E-state index in [0.29, 0.717) is 0 Å². The SMILES string of the molecule is c1ccc(Cc2nc3n(n2)CCN(Cc2cccc(-n4cccn4)c2)CC3)cc1. The number of benzene rings is 2. The molecule has 0 aliphatic carbocycles. The molecule has 2 aromatic heterocycles. The van der Waals surface area contributed by atoms with E-state index in [1.54, 1.807) is 0 Å². The van der Waals surface area contributed by atoms with Crippen molar-refractivity contribution in [1.29, 1.82) is 0 Å². The molecule has 0 unspecified atom stereocenters. The highest BCUT2D eigenvalue weighted by Crippen LogP contribution is 2.15. The van der Waals surface area contributed by atoms with Crippen molar-refractivity contribution in [1.82, 2.24) is 29.4 Å². The number of hydrogen-bond acceptors (Lipinski definition) is 4. The molecule has 0 amide bonds. The molecule has 1 aliphatic rings. The van der Waals surface area contributed by atoms with Gasteiger partial charge in [-0.15, -0.1) is 0 Å². The normalized spacial score (nSPS) is 14.5. The second kappa shape index (κ2) is 8.01. The molecule has 0 N–H and O–H groups in total. The zero-order valence-corrected chi connectivity index (χ0v) is 16.4. The molecule has 29 heavy (non-hydrogen) atoms. The largest absolute Gasteiger partial charge is 0.297 e. The first kappa shape index (κ1) is 17.8. The van der Waals surface area contributed by atoms with Crippen molar-refractivity contribution in [3.8, 4) is 5.69 Å². The van der Waals surface area contributed by atoms with Gasteiger partial charge in [0.25, 0.3) is 0 Å². The van der Waals surface area contributed by atoms with Crippen LogP contribution in [-0.4, -0.2) is 42.5 Å². The monoisotopic (exact) mass is 384 g/mol. The lowest BCUT2D eigenvalue weighted by atomic mass is 10.1. The fourth-order valence-electron chi connectivity index (χ4n) is 3.88. The Balaban J connectivity index is 1.24. The first-order chi connectivity index (χ1) is 14.3. The van der Waals surface area contributed by atoms with Crippen LogP contribution in [0.5, 0.6) is 0 Å². The molecule has 0 bridgehead atoms. The summed E-state index contributed by atoms with van der Waals surface area (Å²) in [7, 11) is 0. The van der Waals surface area contributed by atoms with Crippen LogP contribution in [0.2, 0.25) is 0 Å². The van der Waals surface area contributed by atoms with Gasteiger partial charge in [-0.2, -0.15) is 10.2 Å². The summed E-state index contributed by atoms with van der Waals surface area (Å²) in [6, 6.07) is 21.0. The van der Waals surface area contributed by atoms with Crippen molar-refractivity contribution in [3.63, 3.8) is 0 Å². The van der Waals surface area contributed by atoms with E-state index in [2.05, 4.69) is 63.2 Å². The molecule has 0 radical (unpaired) electrons. The van der Waals surface area contributed by atoms with Gasteiger partial charge >= 0.3 is 0 Å². The maximum absolute atomic E-state index is 4.81. The lowest BCUT2D eigenvalue weighted by molar-refractivity contribution is 0.268. The first-order valence-corrected chi connectivity index (χ1v) is 10.1. The Morgan fingerprint density at radius 1 is 0.862 bits per heavy atom. The second-order valence-corrected chi connectivity index (χ2v) is 7.48. The minimum absolute atomic E-state index is 0.796. The lowest BCUT2D eigenvalue weighted by Gasteiger charge is -2.19. The van der Waals surface area contributed by atoms with Crippen LogP contribution in [-0.2, 0) is 25.9 Å². The highest BCUT2D eigenvalue weighted by atomic mass is 15.4. The third-order valence-corrected chi connectivity index (χ3v) is 5.36. The van der Waals surface area contributed by atoms with E-state index in [0.717, 1.165) is 56.4 Å². The molecule has 0 saturated carbocycles. The van der Waals surface area contributed by atoms with E-state index in [-0.39, 0.29) is 0 Å². The Labute approximate surface area is 170 Å². The number of aromatic nitrogens is 5. The summed E-state index contributed by atoms with van der Waals surface area (Å²) in [5.41, 5.74) is 3.66. The lowest BCUT2D eigenvalue weighted by Crippen LogP contribution is -2.26. The molecule has 6 heteroatoms. The Morgan fingerprint density at radius 2 is 1.76 bits per heavy atom. The molecule has 0 saturated heterocycles. The molecule has 0 atom stereocenters. The third-order valence-electron chi connectivity index (χ3n) is 5.36. The zero-order chi connectivity index (χ0) is 19.5. The van der Waals surface area contributed by atoms with Gasteiger partial charge in [0.2, 0.25) is 0 Å². The summed E-state index contributed by atoms with van der Waals surface area (Å²) in [4.78, 5) is 7.29. The molecule has 4 aromatic rings. The van der Waals surface area contributed by atoms with Crippen molar-refractivity contribution in [2.24, 2.45) is 0 Å². The van der Waals surface area contributed by atoms with Crippen LogP contribution in [0.15, 0.2) is 73.1 Å². The van der Waals surface area contributed by atoms with E-state index in [4.69, 9.17) is 10.1 Å². The molecule has 2 aromatic carbocycles. The van der Waals surface area contributed by atoms with Gasteiger partial charge in [-0.3, -0.25) is 4.90 Å². The molecule has 0 fully saturated rings. The van der Waals surface area contributed by atoms with Crippen molar-refractivity contribution < 1.29 is 0 Å². The third kappa shape index (κ3) is 4.12. The van der Waals surface area contributed by atoms with Crippen LogP contribution in [0.25, 0.3) is 5.69 Å². The standard InChI is InChI=1S/C23H24N6/c1-2-6-19(7-3-1)17-22-25-23-10-13-27(14-15-29(23)26-22)18-20-8-4-9-21(16-20)28-12-5-11-24-28/h1-9,11-12,16H,10,13-15,17-18H2. The molecule has 0 spiro atoms. The van der Waals surface area contributed by atoms with Gasteiger partial charge in [-0.1, -0.05) is 42.5 Å². The van der Waals surface area contributed by atoms with E-state index >= 15 is 0 Å². The number of fused-ring (bicyclic) bond motifs is 1.